The van der Waals surface area contributed by atoms with Crippen LogP contribution in [-0.2, 0) is 4.74 Å². The van der Waals surface area contributed by atoms with Gasteiger partial charge in [-0.05, 0) is 37.1 Å². The molecule has 0 aliphatic rings. The lowest BCUT2D eigenvalue weighted by atomic mass is 9.83. The van der Waals surface area contributed by atoms with Crippen molar-refractivity contribution in [2.45, 2.75) is 32.3 Å². The summed E-state index contributed by atoms with van der Waals surface area (Å²) in [6.07, 6.45) is 0.862. The Bertz CT molecular complexity index is 732. The minimum atomic E-state index is -0.817. The number of aromatic nitrogens is 1. The molecule has 2 rings (SSSR count). The summed E-state index contributed by atoms with van der Waals surface area (Å²) in [5.74, 6) is -0.175. The van der Waals surface area contributed by atoms with E-state index in [0.29, 0.717) is 10.2 Å². The van der Waals surface area contributed by atoms with E-state index in [1.807, 2.05) is 31.2 Å². The normalized spacial score (nSPS) is 12.7. The van der Waals surface area contributed by atoms with E-state index in [0.717, 1.165) is 16.7 Å². The minimum absolute atomic E-state index is 0.175. The number of amides is 1. The van der Waals surface area contributed by atoms with Gasteiger partial charge in [0.05, 0.1) is 0 Å². The highest BCUT2D eigenvalue weighted by Gasteiger charge is 2.32. The molecule has 122 valence electrons. The molecule has 1 amide bonds. The van der Waals surface area contributed by atoms with Crippen molar-refractivity contribution in [3.05, 3.63) is 52.3 Å². The van der Waals surface area contributed by atoms with Crippen LogP contribution in [0.1, 0.15) is 32.3 Å². The van der Waals surface area contributed by atoms with Crippen LogP contribution in [0.3, 0.4) is 0 Å². The van der Waals surface area contributed by atoms with E-state index in [4.69, 9.17) is 33.7 Å². The molecule has 23 heavy (non-hydrogen) atoms. The Kier molecular flexibility index (Phi) is 5.17. The molecular weight excluding hydrogens is 335 g/mol. The lowest BCUT2D eigenvalue weighted by molar-refractivity contribution is 0.0282. The van der Waals surface area contributed by atoms with E-state index >= 15 is 0 Å². The zero-order valence-corrected chi connectivity index (χ0v) is 14.7. The first-order valence-electron chi connectivity index (χ1n) is 7.11. The molecule has 2 aromatic rings. The maximum atomic E-state index is 11.2. The largest absolute Gasteiger partial charge is 0.443 e. The Morgan fingerprint density at radius 1 is 1.26 bits per heavy atom. The van der Waals surface area contributed by atoms with Crippen molar-refractivity contribution in [2.24, 2.45) is 5.73 Å². The van der Waals surface area contributed by atoms with Gasteiger partial charge in [0.25, 0.3) is 0 Å². The van der Waals surface area contributed by atoms with Crippen molar-refractivity contribution in [3.8, 4) is 11.1 Å². The second-order valence-corrected chi connectivity index (χ2v) is 6.61. The Morgan fingerprint density at radius 2 is 1.91 bits per heavy atom. The predicted molar refractivity (Wildman–Crippen MR) is 92.9 cm³/mol. The van der Waals surface area contributed by atoms with Gasteiger partial charge in [-0.2, -0.15) is 0 Å². The molecule has 0 fully saturated rings. The van der Waals surface area contributed by atoms with Crippen LogP contribution in [0.4, 0.5) is 4.79 Å². The number of rotatable bonds is 4. The third-order valence-corrected chi connectivity index (χ3v) is 4.47. The van der Waals surface area contributed by atoms with Crippen LogP contribution in [0.25, 0.3) is 11.1 Å². The molecule has 0 aliphatic carbocycles. The second kappa shape index (κ2) is 6.77. The lowest BCUT2D eigenvalue weighted by Crippen LogP contribution is -2.36. The second-order valence-electron chi connectivity index (χ2n) is 5.82. The van der Waals surface area contributed by atoms with Crippen molar-refractivity contribution >= 4 is 29.3 Å². The van der Waals surface area contributed by atoms with Crippen molar-refractivity contribution in [1.82, 2.24) is 4.98 Å². The Morgan fingerprint density at radius 3 is 2.52 bits per heavy atom. The number of carbonyl (C=O) groups is 1. The van der Waals surface area contributed by atoms with E-state index in [-0.39, 0.29) is 5.92 Å². The number of pyridine rings is 1. The molecule has 1 heterocycles. The molecule has 1 atom stereocenters. The van der Waals surface area contributed by atoms with Gasteiger partial charge in [0.15, 0.2) is 0 Å². The quantitative estimate of drug-likeness (QED) is 0.784. The summed E-state index contributed by atoms with van der Waals surface area (Å²) in [5, 5.41) is 0.973. The fourth-order valence-electron chi connectivity index (χ4n) is 2.42. The third-order valence-electron chi connectivity index (χ3n) is 3.94. The minimum Gasteiger partial charge on any atom is -0.443 e. The summed E-state index contributed by atoms with van der Waals surface area (Å²) in [6, 6.07) is 9.23. The first-order chi connectivity index (χ1) is 10.7. The molecule has 0 spiro atoms. The Hall–Kier alpha value is -1.78. The molecule has 6 heteroatoms. The summed E-state index contributed by atoms with van der Waals surface area (Å²) in [7, 11) is 0. The first kappa shape index (κ1) is 17.6. The molecule has 1 aromatic carbocycles. The number of halogens is 2. The van der Waals surface area contributed by atoms with Gasteiger partial charge in [-0.15, -0.1) is 0 Å². The van der Waals surface area contributed by atoms with Gasteiger partial charge in [0.1, 0.15) is 10.8 Å². The van der Waals surface area contributed by atoms with Crippen molar-refractivity contribution in [2.75, 3.05) is 0 Å². The average Bonchev–Trinajstić information content (AvgIpc) is 2.45. The van der Waals surface area contributed by atoms with Gasteiger partial charge in [0.2, 0.25) is 0 Å². The van der Waals surface area contributed by atoms with E-state index in [2.05, 4.69) is 4.98 Å². The fourth-order valence-corrected chi connectivity index (χ4v) is 2.82. The number of ether oxygens (including phenoxy) is 1. The molecule has 0 saturated carbocycles. The molecule has 0 aliphatic heterocycles. The lowest BCUT2D eigenvalue weighted by Gasteiger charge is -2.32. The van der Waals surface area contributed by atoms with Crippen molar-refractivity contribution in [3.63, 3.8) is 0 Å². The molecule has 4 nitrogen and oxygen atoms in total. The highest BCUT2D eigenvalue weighted by Crippen LogP contribution is 2.39. The van der Waals surface area contributed by atoms with Gasteiger partial charge in [0, 0.05) is 22.7 Å². The Balaban J connectivity index is 2.56. The Labute approximate surface area is 145 Å². The summed E-state index contributed by atoms with van der Waals surface area (Å²) < 4.78 is 5.25. The highest BCUT2D eigenvalue weighted by molar-refractivity contribution is 6.33. The maximum Gasteiger partial charge on any atom is 0.405 e. The van der Waals surface area contributed by atoms with E-state index in [9.17, 15) is 4.79 Å². The van der Waals surface area contributed by atoms with Crippen LogP contribution in [0.2, 0.25) is 10.2 Å². The van der Waals surface area contributed by atoms with Gasteiger partial charge >= 0.3 is 6.09 Å². The third kappa shape index (κ3) is 3.95. The molecule has 0 saturated heterocycles. The number of nitrogens with zero attached hydrogens (tertiary/aromatic N) is 1. The number of hydrogen-bond acceptors (Lipinski definition) is 3. The number of nitrogens with two attached hydrogens (primary N) is 1. The van der Waals surface area contributed by atoms with E-state index in [1.54, 1.807) is 26.1 Å². The highest BCUT2D eigenvalue weighted by atomic mass is 35.5. The molecule has 0 bridgehead atoms. The van der Waals surface area contributed by atoms with Gasteiger partial charge < -0.3 is 10.5 Å². The molecular formula is C17H18Cl2N2O2. The zero-order valence-electron chi connectivity index (χ0n) is 13.1. The van der Waals surface area contributed by atoms with Crippen LogP contribution in [-0.4, -0.2) is 16.7 Å². The van der Waals surface area contributed by atoms with Crippen LogP contribution in [0, 0.1) is 0 Å². The van der Waals surface area contributed by atoms with Crippen molar-refractivity contribution in [1.29, 1.82) is 0 Å². The summed E-state index contributed by atoms with van der Waals surface area (Å²) >= 11 is 12.4. The number of hydrogen-bond donors (Lipinski definition) is 1. The van der Waals surface area contributed by atoms with Crippen LogP contribution in [0.5, 0.6) is 0 Å². The monoisotopic (exact) mass is 352 g/mol. The first-order valence-corrected chi connectivity index (χ1v) is 7.86. The zero-order chi connectivity index (χ0) is 17.2. The van der Waals surface area contributed by atoms with Crippen LogP contribution in [0.15, 0.2) is 36.5 Å². The van der Waals surface area contributed by atoms with E-state index < -0.39 is 11.7 Å². The SMILES string of the molecule is CC(c1cnc(Cl)cc1-c1ccccc1Cl)C(C)(C)OC(N)=O. The standard InChI is InChI=1S/C17H18Cl2N2O2/c1-10(17(2,3)23-16(20)22)13-9-21-15(19)8-12(13)11-6-4-5-7-14(11)18/h4-10H,1-3H3,(H2,20,22). The van der Waals surface area contributed by atoms with Gasteiger partial charge in [-0.1, -0.05) is 48.3 Å². The number of primary amides is 1. The van der Waals surface area contributed by atoms with Gasteiger partial charge in [-0.25, -0.2) is 9.78 Å². The topological polar surface area (TPSA) is 65.2 Å². The van der Waals surface area contributed by atoms with Crippen LogP contribution < -0.4 is 5.73 Å². The van der Waals surface area contributed by atoms with Gasteiger partial charge in [-0.3, -0.25) is 0 Å². The molecule has 1 unspecified atom stereocenters. The summed E-state index contributed by atoms with van der Waals surface area (Å²) in [4.78, 5) is 15.3. The van der Waals surface area contributed by atoms with Crippen molar-refractivity contribution < 1.29 is 9.53 Å². The molecule has 1 aromatic heterocycles. The van der Waals surface area contributed by atoms with Crippen LogP contribution >= 0.6 is 23.2 Å². The van der Waals surface area contributed by atoms with E-state index in [1.165, 1.54) is 0 Å². The fraction of sp³-hybridized carbons (Fsp3) is 0.294. The molecule has 0 radical (unpaired) electrons. The summed E-state index contributed by atoms with van der Waals surface area (Å²) in [5.41, 5.74) is 6.93. The number of benzene rings is 1. The number of carbonyl (C=O) groups excluding carboxylic acids is 1. The average molecular weight is 353 g/mol. The smallest absolute Gasteiger partial charge is 0.405 e. The maximum absolute atomic E-state index is 11.2. The predicted octanol–water partition coefficient (Wildman–Crippen LogP) is 5.03. The molecule has 2 N–H and O–H groups in total. The summed E-state index contributed by atoms with van der Waals surface area (Å²) in [6.45, 7) is 5.54.